The zero-order chi connectivity index (χ0) is 16.1. The third-order valence-corrected chi connectivity index (χ3v) is 4.60. The molecule has 1 atom stereocenters. The molecule has 2 N–H and O–H groups in total. The van der Waals surface area contributed by atoms with E-state index in [-0.39, 0.29) is 5.91 Å². The third-order valence-electron chi connectivity index (χ3n) is 4.38. The Bertz CT molecular complexity index is 641. The van der Waals surface area contributed by atoms with Crippen LogP contribution in [0.1, 0.15) is 34.8 Å². The molecule has 1 aromatic carbocycles. The summed E-state index contributed by atoms with van der Waals surface area (Å²) in [6.07, 6.45) is 4.07. The highest BCUT2D eigenvalue weighted by Crippen LogP contribution is 2.26. The van der Waals surface area contributed by atoms with Crippen molar-refractivity contribution < 1.29 is 4.79 Å². The Kier molecular flexibility index (Phi) is 5.36. The summed E-state index contributed by atoms with van der Waals surface area (Å²) in [6.45, 7) is 3.70. The molecule has 3 rings (SSSR count). The average molecular weight is 332 g/mol. The number of carbonyl (C=O) groups excluding carboxylic acids is 1. The van der Waals surface area contributed by atoms with Crippen molar-refractivity contribution >= 4 is 17.5 Å². The number of rotatable bonds is 5. The van der Waals surface area contributed by atoms with Gasteiger partial charge in [0.25, 0.3) is 5.91 Å². The molecule has 1 aliphatic heterocycles. The van der Waals surface area contributed by atoms with Crippen LogP contribution in [-0.2, 0) is 0 Å². The van der Waals surface area contributed by atoms with Crippen LogP contribution in [0.4, 0.5) is 0 Å². The zero-order valence-corrected chi connectivity index (χ0v) is 13.9. The van der Waals surface area contributed by atoms with E-state index in [1.165, 1.54) is 18.4 Å². The molecule has 2 heterocycles. The average Bonchev–Trinajstić information content (AvgIpc) is 3.02. The van der Waals surface area contributed by atoms with Gasteiger partial charge < -0.3 is 15.2 Å². The van der Waals surface area contributed by atoms with Crippen molar-refractivity contribution in [3.05, 3.63) is 58.9 Å². The summed E-state index contributed by atoms with van der Waals surface area (Å²) in [5, 5.41) is 3.50. The number of nitrogens with zero attached hydrogens (tertiary/aromatic N) is 1. The van der Waals surface area contributed by atoms with Gasteiger partial charge in [-0.05, 0) is 36.9 Å². The highest BCUT2D eigenvalue weighted by atomic mass is 35.5. The van der Waals surface area contributed by atoms with Gasteiger partial charge in [-0.15, -0.1) is 0 Å². The van der Waals surface area contributed by atoms with Crippen LogP contribution in [0.15, 0.2) is 42.6 Å². The first kappa shape index (κ1) is 16.1. The number of aromatic nitrogens is 1. The molecule has 1 aromatic heterocycles. The second-order valence-corrected chi connectivity index (χ2v) is 6.47. The Labute approximate surface area is 141 Å². The van der Waals surface area contributed by atoms with E-state index in [1.807, 2.05) is 0 Å². The molecule has 0 radical (unpaired) electrons. The number of carbonyl (C=O) groups is 1. The van der Waals surface area contributed by atoms with Crippen molar-refractivity contribution in [1.29, 1.82) is 0 Å². The highest BCUT2D eigenvalue weighted by Gasteiger charge is 2.20. The number of H-pyrrole nitrogens is 1. The minimum absolute atomic E-state index is 0.103. The van der Waals surface area contributed by atoms with Crippen LogP contribution in [-0.4, -0.2) is 42.0 Å². The molecule has 4 nitrogen and oxygen atoms in total. The molecule has 5 heteroatoms. The number of halogens is 1. The number of hydrogen-bond donors (Lipinski definition) is 2. The Morgan fingerprint density at radius 2 is 2.17 bits per heavy atom. The maximum atomic E-state index is 12.0. The summed E-state index contributed by atoms with van der Waals surface area (Å²) in [6, 6.07) is 12.3. The molecule has 23 heavy (non-hydrogen) atoms. The number of likely N-dealkylation sites (tertiary alicyclic amines) is 1. The van der Waals surface area contributed by atoms with E-state index in [0.717, 1.165) is 19.6 Å². The van der Waals surface area contributed by atoms with E-state index < -0.39 is 0 Å². The first-order chi connectivity index (χ1) is 11.2. The maximum Gasteiger partial charge on any atom is 0.267 e. The summed E-state index contributed by atoms with van der Waals surface area (Å²) >= 11 is 5.82. The quantitative estimate of drug-likeness (QED) is 0.883. The molecule has 0 bridgehead atoms. The van der Waals surface area contributed by atoms with E-state index in [9.17, 15) is 4.79 Å². The van der Waals surface area contributed by atoms with E-state index in [4.69, 9.17) is 11.6 Å². The van der Waals surface area contributed by atoms with Crippen LogP contribution in [0.2, 0.25) is 5.02 Å². The van der Waals surface area contributed by atoms with Gasteiger partial charge in [0.15, 0.2) is 0 Å². The molecule has 1 amide bonds. The third kappa shape index (κ3) is 4.36. The van der Waals surface area contributed by atoms with Crippen molar-refractivity contribution in [3.63, 3.8) is 0 Å². The molecule has 1 unspecified atom stereocenters. The molecular weight excluding hydrogens is 310 g/mol. The lowest BCUT2D eigenvalue weighted by atomic mass is 9.91. The second kappa shape index (κ2) is 7.66. The monoisotopic (exact) mass is 331 g/mol. The number of piperidine rings is 1. The molecule has 0 saturated carbocycles. The lowest BCUT2D eigenvalue weighted by molar-refractivity contribution is 0.0941. The second-order valence-electron chi connectivity index (χ2n) is 6.04. The number of amides is 1. The van der Waals surface area contributed by atoms with Crippen LogP contribution >= 0.6 is 11.6 Å². The molecule has 2 aromatic rings. The van der Waals surface area contributed by atoms with Crippen LogP contribution < -0.4 is 5.32 Å². The summed E-state index contributed by atoms with van der Waals surface area (Å²) in [5.74, 6) is 0.497. The van der Waals surface area contributed by atoms with E-state index >= 15 is 0 Å². The zero-order valence-electron chi connectivity index (χ0n) is 13.1. The predicted octanol–water partition coefficient (Wildman–Crippen LogP) is 3.28. The standard InChI is InChI=1S/C18H22ClN3O/c19-16-11-17(21-12-16)18(23)20-8-10-22-9-4-7-15(13-22)14-5-2-1-3-6-14/h1-3,5-6,11-12,15,21H,4,7-10,13H2,(H,20,23). The number of aromatic amines is 1. The van der Waals surface area contributed by atoms with Gasteiger partial charge in [0.1, 0.15) is 5.69 Å². The predicted molar refractivity (Wildman–Crippen MR) is 93.0 cm³/mol. The first-order valence-corrected chi connectivity index (χ1v) is 8.49. The maximum absolute atomic E-state index is 12.0. The lowest BCUT2D eigenvalue weighted by Gasteiger charge is -2.33. The van der Waals surface area contributed by atoms with Gasteiger partial charge in [-0.3, -0.25) is 4.79 Å². The fraction of sp³-hybridized carbons (Fsp3) is 0.389. The Morgan fingerprint density at radius 3 is 2.91 bits per heavy atom. The fourth-order valence-corrected chi connectivity index (χ4v) is 3.34. The van der Waals surface area contributed by atoms with Crippen molar-refractivity contribution in [2.45, 2.75) is 18.8 Å². The van der Waals surface area contributed by atoms with Crippen molar-refractivity contribution in [2.75, 3.05) is 26.2 Å². The van der Waals surface area contributed by atoms with Crippen molar-refractivity contribution in [2.24, 2.45) is 0 Å². The summed E-state index contributed by atoms with van der Waals surface area (Å²) in [4.78, 5) is 17.3. The number of hydrogen-bond acceptors (Lipinski definition) is 2. The van der Waals surface area contributed by atoms with Crippen LogP contribution in [0.3, 0.4) is 0 Å². The van der Waals surface area contributed by atoms with Crippen molar-refractivity contribution in [3.8, 4) is 0 Å². The summed E-state index contributed by atoms with van der Waals surface area (Å²) < 4.78 is 0. The normalized spacial score (nSPS) is 18.7. The van der Waals surface area contributed by atoms with Crippen LogP contribution in [0, 0.1) is 0 Å². The Balaban J connectivity index is 1.46. The SMILES string of the molecule is O=C(NCCN1CCCC(c2ccccc2)C1)c1cc(Cl)c[nH]1. The summed E-state index contributed by atoms with van der Waals surface area (Å²) in [5.41, 5.74) is 1.93. The lowest BCUT2D eigenvalue weighted by Crippen LogP contribution is -2.40. The van der Waals surface area contributed by atoms with Gasteiger partial charge in [0.2, 0.25) is 0 Å². The summed E-state index contributed by atoms with van der Waals surface area (Å²) in [7, 11) is 0. The minimum Gasteiger partial charge on any atom is -0.356 e. The van der Waals surface area contributed by atoms with Crippen LogP contribution in [0.25, 0.3) is 0 Å². The van der Waals surface area contributed by atoms with Gasteiger partial charge in [-0.1, -0.05) is 41.9 Å². The molecule has 0 aliphatic carbocycles. The smallest absolute Gasteiger partial charge is 0.267 e. The number of nitrogens with one attached hydrogen (secondary N) is 2. The molecule has 122 valence electrons. The van der Waals surface area contributed by atoms with Gasteiger partial charge >= 0.3 is 0 Å². The van der Waals surface area contributed by atoms with Gasteiger partial charge in [-0.25, -0.2) is 0 Å². The fourth-order valence-electron chi connectivity index (χ4n) is 3.18. The van der Waals surface area contributed by atoms with Gasteiger partial charge in [0.05, 0.1) is 5.02 Å². The molecule has 0 spiro atoms. The Hall–Kier alpha value is -1.78. The van der Waals surface area contributed by atoms with Gasteiger partial charge in [-0.2, -0.15) is 0 Å². The van der Waals surface area contributed by atoms with E-state index in [2.05, 4.69) is 45.5 Å². The molecule has 1 aliphatic rings. The number of benzene rings is 1. The largest absolute Gasteiger partial charge is 0.356 e. The van der Waals surface area contributed by atoms with Gasteiger partial charge in [0, 0.05) is 25.8 Å². The topological polar surface area (TPSA) is 48.1 Å². The van der Waals surface area contributed by atoms with Crippen LogP contribution in [0.5, 0.6) is 0 Å². The Morgan fingerprint density at radius 1 is 1.35 bits per heavy atom. The molecule has 1 fully saturated rings. The van der Waals surface area contributed by atoms with E-state index in [1.54, 1.807) is 12.3 Å². The minimum atomic E-state index is -0.103. The first-order valence-electron chi connectivity index (χ1n) is 8.12. The van der Waals surface area contributed by atoms with Crippen molar-refractivity contribution in [1.82, 2.24) is 15.2 Å². The highest BCUT2D eigenvalue weighted by molar-refractivity contribution is 6.30. The molecular formula is C18H22ClN3O. The molecule has 1 saturated heterocycles. The van der Waals surface area contributed by atoms with E-state index in [0.29, 0.717) is 23.2 Å².